The molecule has 0 radical (unpaired) electrons. The van der Waals surface area contributed by atoms with Gasteiger partial charge in [-0.2, -0.15) is 0 Å². The van der Waals surface area contributed by atoms with Gasteiger partial charge in [-0.3, -0.25) is 9.59 Å². The number of anilines is 2. The Morgan fingerprint density at radius 1 is 1.12 bits per heavy atom. The summed E-state index contributed by atoms with van der Waals surface area (Å²) < 4.78 is 4.88. The quantitative estimate of drug-likeness (QED) is 0.717. The second-order valence-electron chi connectivity index (χ2n) is 5.67. The Labute approximate surface area is 146 Å². The van der Waals surface area contributed by atoms with Crippen molar-refractivity contribution in [3.8, 4) is 0 Å². The molecule has 128 valence electrons. The molecule has 1 heterocycles. The molecule has 3 N–H and O–H groups in total. The van der Waals surface area contributed by atoms with Gasteiger partial charge >= 0.3 is 0 Å². The van der Waals surface area contributed by atoms with E-state index in [0.717, 1.165) is 12.5 Å². The molecule has 0 aliphatic heterocycles. The number of nitrogens with one attached hydrogen (secondary N) is 3. The number of carbonyl (C=O) groups is 2. The number of hydrogen-bond acceptors (Lipinski definition) is 4. The first-order chi connectivity index (χ1) is 11.2. The van der Waals surface area contributed by atoms with E-state index in [-0.39, 0.29) is 24.2 Å². The van der Waals surface area contributed by atoms with Crippen LogP contribution in [0, 0.1) is 5.92 Å². The highest BCUT2D eigenvalue weighted by atomic mass is 35.5. The van der Waals surface area contributed by atoms with Gasteiger partial charge in [-0.1, -0.05) is 6.07 Å². The third kappa shape index (κ3) is 5.40. The number of amides is 2. The summed E-state index contributed by atoms with van der Waals surface area (Å²) in [4.78, 5) is 23.8. The Hall–Kier alpha value is -2.31. The van der Waals surface area contributed by atoms with Gasteiger partial charge in [0.25, 0.3) is 5.91 Å². The molecule has 6 nitrogen and oxygen atoms in total. The molecule has 1 aliphatic carbocycles. The van der Waals surface area contributed by atoms with E-state index in [1.807, 2.05) is 0 Å². The molecule has 1 fully saturated rings. The van der Waals surface area contributed by atoms with E-state index in [1.165, 1.54) is 25.4 Å². The van der Waals surface area contributed by atoms with Gasteiger partial charge in [0.15, 0.2) is 0 Å². The van der Waals surface area contributed by atoms with E-state index in [1.54, 1.807) is 30.3 Å². The first-order valence-electron chi connectivity index (χ1n) is 7.65. The van der Waals surface area contributed by atoms with E-state index in [4.69, 9.17) is 4.42 Å². The standard InChI is InChI=1S/C17H19N3O3.ClH/c21-16(10-18-9-12-4-5-12)19-14-2-1-3-15(8-14)20-17(22)13-6-7-23-11-13;/h1-3,6-8,11-12,18H,4-5,9-10H2,(H,19,21)(H,20,22);1H. The molecular formula is C17H20ClN3O3. The Morgan fingerprint density at radius 2 is 1.88 bits per heavy atom. The van der Waals surface area contributed by atoms with Crippen LogP contribution in [0.2, 0.25) is 0 Å². The summed E-state index contributed by atoms with van der Waals surface area (Å²) in [5.74, 6) is 0.390. The molecule has 2 aromatic rings. The van der Waals surface area contributed by atoms with E-state index in [9.17, 15) is 9.59 Å². The predicted molar refractivity (Wildman–Crippen MR) is 94.6 cm³/mol. The Balaban J connectivity index is 0.00000208. The van der Waals surface area contributed by atoms with Crippen molar-refractivity contribution in [1.29, 1.82) is 0 Å². The van der Waals surface area contributed by atoms with Gasteiger partial charge < -0.3 is 20.4 Å². The Morgan fingerprint density at radius 3 is 2.54 bits per heavy atom. The van der Waals surface area contributed by atoms with Crippen molar-refractivity contribution >= 4 is 35.6 Å². The van der Waals surface area contributed by atoms with Crippen LogP contribution >= 0.6 is 12.4 Å². The molecule has 1 aromatic carbocycles. The van der Waals surface area contributed by atoms with Crippen LogP contribution in [0.25, 0.3) is 0 Å². The third-order valence-electron chi connectivity index (χ3n) is 3.60. The second-order valence-corrected chi connectivity index (χ2v) is 5.67. The molecule has 24 heavy (non-hydrogen) atoms. The number of benzene rings is 1. The van der Waals surface area contributed by atoms with Crippen LogP contribution in [0.3, 0.4) is 0 Å². The highest BCUT2D eigenvalue weighted by molar-refractivity contribution is 6.04. The number of carbonyl (C=O) groups excluding carboxylic acids is 2. The van der Waals surface area contributed by atoms with Gasteiger partial charge in [0.1, 0.15) is 6.26 Å². The zero-order valence-electron chi connectivity index (χ0n) is 13.1. The highest BCUT2D eigenvalue weighted by Gasteiger charge is 2.20. The summed E-state index contributed by atoms with van der Waals surface area (Å²) in [7, 11) is 0. The van der Waals surface area contributed by atoms with Crippen molar-refractivity contribution in [2.75, 3.05) is 23.7 Å². The Kier molecular flexibility index (Phi) is 6.40. The number of hydrogen-bond donors (Lipinski definition) is 3. The van der Waals surface area contributed by atoms with Gasteiger partial charge in [0.2, 0.25) is 5.91 Å². The highest BCUT2D eigenvalue weighted by Crippen LogP contribution is 2.27. The zero-order valence-corrected chi connectivity index (χ0v) is 13.9. The molecule has 0 unspecified atom stereocenters. The lowest BCUT2D eigenvalue weighted by Gasteiger charge is -2.09. The van der Waals surface area contributed by atoms with Crippen molar-refractivity contribution in [1.82, 2.24) is 5.32 Å². The lowest BCUT2D eigenvalue weighted by molar-refractivity contribution is -0.115. The summed E-state index contributed by atoms with van der Waals surface area (Å²) >= 11 is 0. The van der Waals surface area contributed by atoms with Gasteiger partial charge in [-0.15, -0.1) is 12.4 Å². The number of furan rings is 1. The SMILES string of the molecule is Cl.O=C(CNCC1CC1)Nc1cccc(NC(=O)c2ccoc2)c1. The van der Waals surface area contributed by atoms with Crippen LogP contribution in [0.1, 0.15) is 23.2 Å². The van der Waals surface area contributed by atoms with Crippen LogP contribution in [-0.2, 0) is 4.79 Å². The van der Waals surface area contributed by atoms with Crippen molar-refractivity contribution in [3.63, 3.8) is 0 Å². The molecule has 0 spiro atoms. The maximum atomic E-state index is 12.0. The first-order valence-corrected chi connectivity index (χ1v) is 7.65. The normalized spacial score (nSPS) is 13.0. The van der Waals surface area contributed by atoms with Crippen molar-refractivity contribution in [2.24, 2.45) is 5.92 Å². The minimum absolute atomic E-state index is 0. The maximum absolute atomic E-state index is 12.0. The van der Waals surface area contributed by atoms with Crippen molar-refractivity contribution in [2.45, 2.75) is 12.8 Å². The fourth-order valence-corrected chi connectivity index (χ4v) is 2.19. The van der Waals surface area contributed by atoms with Gasteiger partial charge in [0.05, 0.1) is 18.4 Å². The van der Waals surface area contributed by atoms with Crippen LogP contribution in [0.5, 0.6) is 0 Å². The van der Waals surface area contributed by atoms with E-state index in [2.05, 4.69) is 16.0 Å². The summed E-state index contributed by atoms with van der Waals surface area (Å²) in [5.41, 5.74) is 1.71. The second kappa shape index (κ2) is 8.52. The molecule has 0 atom stereocenters. The molecule has 1 aliphatic rings. The maximum Gasteiger partial charge on any atom is 0.258 e. The van der Waals surface area contributed by atoms with E-state index < -0.39 is 0 Å². The van der Waals surface area contributed by atoms with Gasteiger partial charge in [0, 0.05) is 11.4 Å². The smallest absolute Gasteiger partial charge is 0.258 e. The summed E-state index contributed by atoms with van der Waals surface area (Å²) in [6.07, 6.45) is 5.34. The fraction of sp³-hybridized carbons (Fsp3) is 0.294. The molecule has 2 amide bonds. The van der Waals surface area contributed by atoms with Crippen LogP contribution < -0.4 is 16.0 Å². The van der Waals surface area contributed by atoms with E-state index >= 15 is 0 Å². The zero-order chi connectivity index (χ0) is 16.1. The van der Waals surface area contributed by atoms with Crippen LogP contribution in [-0.4, -0.2) is 24.9 Å². The molecule has 0 bridgehead atoms. The van der Waals surface area contributed by atoms with E-state index in [0.29, 0.717) is 23.5 Å². The molecule has 1 saturated carbocycles. The lowest BCUT2D eigenvalue weighted by Crippen LogP contribution is -2.29. The summed E-state index contributed by atoms with van der Waals surface area (Å²) in [5, 5.41) is 8.71. The van der Waals surface area contributed by atoms with Crippen molar-refractivity contribution < 1.29 is 14.0 Å². The number of halogens is 1. The number of rotatable bonds is 7. The monoisotopic (exact) mass is 349 g/mol. The average Bonchev–Trinajstić information content (AvgIpc) is 3.18. The largest absolute Gasteiger partial charge is 0.472 e. The molecule has 0 saturated heterocycles. The van der Waals surface area contributed by atoms with Crippen LogP contribution in [0.15, 0.2) is 47.3 Å². The minimum atomic E-state index is -0.256. The molecular weight excluding hydrogens is 330 g/mol. The third-order valence-corrected chi connectivity index (χ3v) is 3.60. The molecule has 7 heteroatoms. The predicted octanol–water partition coefficient (Wildman–Crippen LogP) is 2.89. The lowest BCUT2D eigenvalue weighted by atomic mass is 10.2. The Bertz CT molecular complexity index is 684. The van der Waals surface area contributed by atoms with Gasteiger partial charge in [-0.05, 0) is 49.6 Å². The van der Waals surface area contributed by atoms with Crippen molar-refractivity contribution in [3.05, 3.63) is 48.4 Å². The van der Waals surface area contributed by atoms with Gasteiger partial charge in [-0.25, -0.2) is 0 Å². The first kappa shape index (κ1) is 18.0. The summed E-state index contributed by atoms with van der Waals surface area (Å²) in [6.45, 7) is 1.19. The molecule has 3 rings (SSSR count). The van der Waals surface area contributed by atoms with Crippen LogP contribution in [0.4, 0.5) is 11.4 Å². The fourth-order valence-electron chi connectivity index (χ4n) is 2.19. The topological polar surface area (TPSA) is 83.4 Å². The summed E-state index contributed by atoms with van der Waals surface area (Å²) in [6, 6.07) is 8.63. The average molecular weight is 350 g/mol. The minimum Gasteiger partial charge on any atom is -0.472 e. The molecule has 1 aromatic heterocycles.